The second kappa shape index (κ2) is 5.88. The summed E-state index contributed by atoms with van der Waals surface area (Å²) < 4.78 is 0. The van der Waals surface area contributed by atoms with Crippen LogP contribution < -0.4 is 5.73 Å². The van der Waals surface area contributed by atoms with Gasteiger partial charge < -0.3 is 0 Å². The fraction of sp³-hybridized carbons (Fsp3) is 0.692. The minimum absolute atomic E-state index is 0.277. The summed E-state index contributed by atoms with van der Waals surface area (Å²) in [6, 6.07) is 0. The van der Waals surface area contributed by atoms with Crippen molar-refractivity contribution in [3.05, 3.63) is 0 Å². The van der Waals surface area contributed by atoms with Gasteiger partial charge in [0.05, 0.1) is 0 Å². The summed E-state index contributed by atoms with van der Waals surface area (Å²) in [6.07, 6.45) is 3.57. The van der Waals surface area contributed by atoms with Crippen molar-refractivity contribution in [3.8, 4) is 0 Å². The Bertz CT molecular complexity index is 409. The van der Waals surface area contributed by atoms with Crippen LogP contribution in [-0.4, -0.2) is 24.8 Å². The molecule has 0 aliphatic carbocycles. The minimum atomic E-state index is -2.06. The van der Waals surface area contributed by atoms with E-state index in [1.807, 2.05) is 0 Å². The molecule has 1 unspecified atom stereocenters. The van der Waals surface area contributed by atoms with E-state index in [4.69, 9.17) is 5.73 Å². The monoisotopic (exact) mass is 257 g/mol. The maximum absolute atomic E-state index is 6.45. The number of rotatable bonds is 4. The van der Waals surface area contributed by atoms with Crippen LogP contribution in [0.1, 0.15) is 53.9 Å². The van der Waals surface area contributed by atoms with Crippen LogP contribution in [0.15, 0.2) is 0 Å². The second-order valence-corrected chi connectivity index (χ2v) is 10.2. The van der Waals surface area contributed by atoms with Crippen LogP contribution in [0.25, 0.3) is 0 Å². The summed E-state index contributed by atoms with van der Waals surface area (Å²) in [5.41, 5.74) is 6.45. The Morgan fingerprint density at radius 3 is 1.67 bits per heavy atom. The van der Waals surface area contributed by atoms with E-state index < -0.39 is 9.83 Å². The molecule has 0 heterocycles. The Labute approximate surface area is 94.4 Å². The van der Waals surface area contributed by atoms with Crippen molar-refractivity contribution in [1.82, 2.24) is 0 Å². The van der Waals surface area contributed by atoms with E-state index in [0.717, 1.165) is 6.42 Å². The second-order valence-electron chi connectivity index (χ2n) is 3.51. The fourth-order valence-corrected chi connectivity index (χ4v) is 6.62. The molecule has 0 amide bonds. The zero-order chi connectivity index (χ0) is 12.0. The third-order valence-electron chi connectivity index (χ3n) is 3.17. The predicted molar refractivity (Wildman–Crippen MR) is 74.5 cm³/mol. The van der Waals surface area contributed by atoms with Crippen LogP contribution in [0.2, 0.25) is 0 Å². The third-order valence-corrected chi connectivity index (χ3v) is 10.8. The topological polar surface area (TPSA) is 26.0 Å². The Balaban J connectivity index is 5.83. The maximum atomic E-state index is 6.45. The number of hydrogen-bond acceptors (Lipinski definition) is 1. The van der Waals surface area contributed by atoms with Gasteiger partial charge in [0.1, 0.15) is 0 Å². The molecular weight excluding hydrogens is 229 g/mol. The van der Waals surface area contributed by atoms with Gasteiger partial charge in [-0.05, 0) is 0 Å². The van der Waals surface area contributed by atoms with Crippen molar-refractivity contribution < 1.29 is 9.83 Å². The number of nitrogens with two attached hydrogens (primary N) is 1. The van der Waals surface area contributed by atoms with Gasteiger partial charge in [-0.1, -0.05) is 0 Å². The summed E-state index contributed by atoms with van der Waals surface area (Å²) in [4.78, 5) is 9.68. The molecule has 0 radical (unpaired) electrons. The Morgan fingerprint density at radius 2 is 1.40 bits per heavy atom. The van der Waals surface area contributed by atoms with Crippen LogP contribution in [0.4, 0.5) is 0 Å². The van der Waals surface area contributed by atoms with Crippen molar-refractivity contribution in [3.63, 3.8) is 0 Å². The van der Waals surface area contributed by atoms with Crippen molar-refractivity contribution in [2.24, 2.45) is 5.73 Å². The summed E-state index contributed by atoms with van der Waals surface area (Å²) >= 11 is 0. The molecule has 1 nitrogen and oxygen atoms in total. The number of hydrogen-bond donors (Lipinski definition) is 1. The average Bonchev–Trinajstić information content (AvgIpc) is 2.31. The quantitative estimate of drug-likeness (QED) is 0.822. The summed E-state index contributed by atoms with van der Waals surface area (Å²) in [7, 11) is -2.06. The van der Waals surface area contributed by atoms with E-state index in [2.05, 4.69) is 54.4 Å². The van der Waals surface area contributed by atoms with Crippen LogP contribution >= 0.6 is 0 Å². The van der Waals surface area contributed by atoms with E-state index in [0.29, 0.717) is 0 Å². The van der Waals surface area contributed by atoms with Gasteiger partial charge >= 0.3 is 94.3 Å². The van der Waals surface area contributed by atoms with Crippen molar-refractivity contribution in [2.75, 3.05) is 0 Å². The first kappa shape index (κ1) is 14.9. The molecule has 0 bridgehead atoms. The molecule has 2 N–H and O–H groups in total. The zero-order valence-electron chi connectivity index (χ0n) is 10.9. The molecule has 2 heteroatoms. The molecule has 0 aromatic rings. The third kappa shape index (κ3) is 2.55. The molecule has 0 spiro atoms. The van der Waals surface area contributed by atoms with Crippen molar-refractivity contribution in [1.29, 1.82) is 0 Å². The summed E-state index contributed by atoms with van der Waals surface area (Å²) in [5.74, 6) is 0. The molecule has 0 aromatic heterocycles. The van der Waals surface area contributed by atoms with Gasteiger partial charge in [0.2, 0.25) is 0 Å². The van der Waals surface area contributed by atoms with E-state index in [-0.39, 0.29) is 4.98 Å². The van der Waals surface area contributed by atoms with Gasteiger partial charge in [-0.15, -0.1) is 0 Å². The van der Waals surface area contributed by atoms with Crippen LogP contribution in [-0.2, 0) is 9.83 Å². The van der Waals surface area contributed by atoms with E-state index in [9.17, 15) is 0 Å². The molecule has 15 heavy (non-hydrogen) atoms. The van der Waals surface area contributed by atoms with Gasteiger partial charge in [0, 0.05) is 0 Å². The summed E-state index contributed by atoms with van der Waals surface area (Å²) in [6.45, 7) is 10.8. The van der Waals surface area contributed by atoms with Gasteiger partial charge in [-0.2, -0.15) is 0 Å². The first-order valence-electron chi connectivity index (χ1n) is 5.72. The normalized spacial score (nSPS) is 16.0. The molecule has 94 valence electrons. The number of unbranched alkanes of at least 4 members (excludes halogenated alkanes) is 1. The first-order chi connectivity index (χ1) is 7.04. The molecule has 0 fully saturated rings. The van der Waals surface area contributed by atoms with Crippen molar-refractivity contribution >= 4 is 19.8 Å². The van der Waals surface area contributed by atoms with E-state index in [1.165, 1.54) is 12.8 Å². The molecule has 0 aliphatic rings. The van der Waals surface area contributed by atoms with E-state index in [1.54, 1.807) is 0 Å². The Morgan fingerprint density at radius 1 is 1.00 bits per heavy atom. The van der Waals surface area contributed by atoms with Crippen molar-refractivity contribution in [2.45, 2.75) is 58.9 Å². The molecule has 0 saturated carbocycles. The zero-order valence-corrected chi connectivity index (χ0v) is 12.0. The van der Waals surface area contributed by atoms with Gasteiger partial charge in [-0.3, -0.25) is 0 Å². The van der Waals surface area contributed by atoms with E-state index >= 15 is 0 Å². The van der Waals surface area contributed by atoms with Crippen LogP contribution in [0.3, 0.4) is 0 Å². The molecule has 1 atom stereocenters. The molecule has 0 rings (SSSR count). The van der Waals surface area contributed by atoms with Gasteiger partial charge in [-0.25, -0.2) is 0 Å². The molecule has 0 saturated heterocycles. The Hall–Kier alpha value is -0.0535. The predicted octanol–water partition coefficient (Wildman–Crippen LogP) is 2.44. The standard InChI is InChI=1S/C5H12N.4C2H4.Co/c1-2-3-4-5-6;4*1-2;/h5H,2-4,6H2,1H3;4*1H,2H3;. The fourth-order valence-electron chi connectivity index (χ4n) is 1.85. The van der Waals surface area contributed by atoms with Gasteiger partial charge in [0.15, 0.2) is 0 Å². The molecule has 0 aromatic carbocycles. The van der Waals surface area contributed by atoms with Crippen LogP contribution in [0.5, 0.6) is 0 Å². The molecule has 0 aliphatic heterocycles. The van der Waals surface area contributed by atoms with Gasteiger partial charge in [0.25, 0.3) is 0 Å². The Kier molecular flexibility index (Phi) is 5.85. The average molecular weight is 257 g/mol. The first-order valence-corrected chi connectivity index (χ1v) is 8.73. The molecular formula is C13H28CoN. The SMILES string of the molecule is C[CH]=[Co](=[CH]C)(=[CH]C)(=[CH]C)[CH](N)CCCC. The van der Waals surface area contributed by atoms with Crippen LogP contribution in [0, 0.1) is 0 Å². The summed E-state index contributed by atoms with van der Waals surface area (Å²) in [5, 5.41) is 0.